The summed E-state index contributed by atoms with van der Waals surface area (Å²) in [7, 11) is 1.57. The molecule has 0 aliphatic carbocycles. The maximum atomic E-state index is 11.4. The van der Waals surface area contributed by atoms with Gasteiger partial charge in [-0.05, 0) is 30.3 Å². The Morgan fingerprint density at radius 2 is 2.07 bits per heavy atom. The Morgan fingerprint density at radius 3 is 2.70 bits per heavy atom. The number of hydrogen-bond donors (Lipinski definition) is 2. The van der Waals surface area contributed by atoms with E-state index in [1.54, 1.807) is 54.5 Å². The van der Waals surface area contributed by atoms with Crippen molar-refractivity contribution < 1.29 is 24.3 Å². The number of rotatable bonds is 5. The standard InChI is InChI=1S/C18H14N4O5/c1-26-11-5-3-10(4-6-11)14-13-12(9-22-8-2-7-19-22)20-15(18(24)25)16(23)17(13)27-21-14/h2-8,23H,9H2,1H3,(H,24,25). The summed E-state index contributed by atoms with van der Waals surface area (Å²) in [6, 6.07) is 8.85. The van der Waals surface area contributed by atoms with Crippen molar-refractivity contribution in [3.8, 4) is 22.8 Å². The molecule has 4 aromatic rings. The molecule has 0 amide bonds. The Labute approximate surface area is 152 Å². The van der Waals surface area contributed by atoms with Crippen LogP contribution in [0.1, 0.15) is 16.2 Å². The molecule has 0 spiro atoms. The van der Waals surface area contributed by atoms with Crippen molar-refractivity contribution in [2.75, 3.05) is 7.11 Å². The summed E-state index contributed by atoms with van der Waals surface area (Å²) >= 11 is 0. The Balaban J connectivity index is 1.95. The molecule has 3 aromatic heterocycles. The van der Waals surface area contributed by atoms with Crippen LogP contribution in [0.4, 0.5) is 0 Å². The second-order valence-corrected chi connectivity index (χ2v) is 5.73. The van der Waals surface area contributed by atoms with Gasteiger partial charge in [-0.3, -0.25) is 4.68 Å². The molecule has 4 rings (SSSR count). The number of nitrogens with zero attached hydrogens (tertiary/aromatic N) is 4. The third-order valence-electron chi connectivity index (χ3n) is 4.10. The second kappa shape index (κ2) is 6.45. The second-order valence-electron chi connectivity index (χ2n) is 5.73. The van der Waals surface area contributed by atoms with Crippen molar-refractivity contribution in [1.82, 2.24) is 19.9 Å². The zero-order valence-electron chi connectivity index (χ0n) is 14.2. The average Bonchev–Trinajstić information content (AvgIpc) is 3.34. The normalized spacial score (nSPS) is 11.0. The molecule has 0 saturated heterocycles. The van der Waals surface area contributed by atoms with Crippen LogP contribution in [-0.2, 0) is 6.54 Å². The lowest BCUT2D eigenvalue weighted by Gasteiger charge is -2.08. The molecule has 3 heterocycles. The van der Waals surface area contributed by atoms with E-state index in [1.807, 2.05) is 0 Å². The Hall–Kier alpha value is -3.88. The van der Waals surface area contributed by atoms with Crippen LogP contribution in [-0.4, -0.2) is 43.2 Å². The average molecular weight is 366 g/mol. The number of pyridine rings is 1. The number of hydrogen-bond acceptors (Lipinski definition) is 7. The molecule has 0 bridgehead atoms. The van der Waals surface area contributed by atoms with Crippen LogP contribution in [0.3, 0.4) is 0 Å². The first kappa shape index (κ1) is 16.6. The third kappa shape index (κ3) is 2.84. The predicted octanol–water partition coefficient (Wildman–Crippen LogP) is 2.55. The Bertz CT molecular complexity index is 1120. The van der Waals surface area contributed by atoms with Crippen molar-refractivity contribution in [1.29, 1.82) is 0 Å². The maximum absolute atomic E-state index is 11.4. The van der Waals surface area contributed by atoms with E-state index in [1.165, 1.54) is 0 Å². The summed E-state index contributed by atoms with van der Waals surface area (Å²) in [4.78, 5) is 15.6. The molecule has 0 unspecified atom stereocenters. The van der Waals surface area contributed by atoms with Gasteiger partial charge in [-0.2, -0.15) is 5.10 Å². The van der Waals surface area contributed by atoms with E-state index in [-0.39, 0.29) is 12.1 Å². The Morgan fingerprint density at radius 1 is 1.30 bits per heavy atom. The van der Waals surface area contributed by atoms with Crippen molar-refractivity contribution >= 4 is 16.9 Å². The summed E-state index contributed by atoms with van der Waals surface area (Å²) in [5.74, 6) is -1.25. The van der Waals surface area contributed by atoms with Crippen molar-refractivity contribution in [2.24, 2.45) is 0 Å². The van der Waals surface area contributed by atoms with Gasteiger partial charge in [-0.25, -0.2) is 9.78 Å². The monoisotopic (exact) mass is 366 g/mol. The number of aromatic hydroxyl groups is 1. The van der Waals surface area contributed by atoms with Gasteiger partial charge in [0.05, 0.1) is 24.7 Å². The smallest absolute Gasteiger partial charge is 0.358 e. The summed E-state index contributed by atoms with van der Waals surface area (Å²) < 4.78 is 12.0. The van der Waals surface area contributed by atoms with Gasteiger partial charge in [0.1, 0.15) is 11.4 Å². The number of methoxy groups -OCH3 is 1. The minimum Gasteiger partial charge on any atom is -0.502 e. The molecule has 9 nitrogen and oxygen atoms in total. The van der Waals surface area contributed by atoms with E-state index >= 15 is 0 Å². The molecule has 0 aliphatic rings. The quantitative estimate of drug-likeness (QED) is 0.552. The molecular weight excluding hydrogens is 352 g/mol. The fraction of sp³-hybridized carbons (Fsp3) is 0.111. The molecule has 0 saturated carbocycles. The number of carbonyl (C=O) groups is 1. The number of ether oxygens (including phenoxy) is 1. The van der Waals surface area contributed by atoms with Gasteiger partial charge in [-0.1, -0.05) is 5.16 Å². The van der Waals surface area contributed by atoms with Crippen LogP contribution in [0.25, 0.3) is 22.2 Å². The summed E-state index contributed by atoms with van der Waals surface area (Å²) in [5, 5.41) is 28.2. The summed E-state index contributed by atoms with van der Waals surface area (Å²) in [6.45, 7) is 0.189. The van der Waals surface area contributed by atoms with Crippen LogP contribution < -0.4 is 4.74 Å². The van der Waals surface area contributed by atoms with Gasteiger partial charge in [0.25, 0.3) is 0 Å². The highest BCUT2D eigenvalue weighted by Crippen LogP contribution is 2.37. The van der Waals surface area contributed by atoms with E-state index in [9.17, 15) is 15.0 Å². The zero-order chi connectivity index (χ0) is 19.0. The van der Waals surface area contributed by atoms with E-state index in [2.05, 4.69) is 15.2 Å². The van der Waals surface area contributed by atoms with Gasteiger partial charge in [-0.15, -0.1) is 0 Å². The highest BCUT2D eigenvalue weighted by Gasteiger charge is 2.25. The minimum absolute atomic E-state index is 0.0321. The highest BCUT2D eigenvalue weighted by molar-refractivity contribution is 6.01. The number of aromatic carboxylic acids is 1. The van der Waals surface area contributed by atoms with Gasteiger partial charge in [0.2, 0.25) is 5.58 Å². The van der Waals surface area contributed by atoms with Gasteiger partial charge >= 0.3 is 5.97 Å². The molecule has 0 aliphatic heterocycles. The van der Waals surface area contributed by atoms with Gasteiger partial charge < -0.3 is 19.5 Å². The van der Waals surface area contributed by atoms with E-state index in [0.717, 1.165) is 0 Å². The van der Waals surface area contributed by atoms with Crippen molar-refractivity contribution in [3.05, 3.63) is 54.1 Å². The fourth-order valence-corrected chi connectivity index (χ4v) is 2.83. The number of carboxylic acids is 1. The molecule has 9 heteroatoms. The van der Waals surface area contributed by atoms with Gasteiger partial charge in [0, 0.05) is 18.0 Å². The molecule has 27 heavy (non-hydrogen) atoms. The fourth-order valence-electron chi connectivity index (χ4n) is 2.83. The predicted molar refractivity (Wildman–Crippen MR) is 93.7 cm³/mol. The topological polar surface area (TPSA) is 124 Å². The van der Waals surface area contributed by atoms with Gasteiger partial charge in [0.15, 0.2) is 11.4 Å². The largest absolute Gasteiger partial charge is 0.502 e. The molecule has 136 valence electrons. The van der Waals surface area contributed by atoms with Crippen LogP contribution in [0, 0.1) is 0 Å². The molecular formula is C18H14N4O5. The molecule has 2 N–H and O–H groups in total. The van der Waals surface area contributed by atoms with Crippen LogP contribution >= 0.6 is 0 Å². The van der Waals surface area contributed by atoms with E-state index < -0.39 is 17.4 Å². The number of benzene rings is 1. The lowest BCUT2D eigenvalue weighted by molar-refractivity contribution is 0.0686. The first-order chi connectivity index (χ1) is 13.1. The van der Waals surface area contributed by atoms with Crippen LogP contribution in [0.2, 0.25) is 0 Å². The van der Waals surface area contributed by atoms with Crippen LogP contribution in [0.5, 0.6) is 11.5 Å². The van der Waals surface area contributed by atoms with E-state index in [0.29, 0.717) is 28.1 Å². The lowest BCUT2D eigenvalue weighted by Crippen LogP contribution is -2.08. The first-order valence-corrected chi connectivity index (χ1v) is 7.95. The van der Waals surface area contributed by atoms with E-state index in [4.69, 9.17) is 9.26 Å². The molecule has 0 radical (unpaired) electrons. The number of carboxylic acid groups (broad SMARTS) is 1. The third-order valence-corrected chi connectivity index (χ3v) is 4.10. The first-order valence-electron chi connectivity index (χ1n) is 7.95. The molecule has 0 fully saturated rings. The highest BCUT2D eigenvalue weighted by atomic mass is 16.5. The Kier molecular flexibility index (Phi) is 3.96. The minimum atomic E-state index is -1.36. The zero-order valence-corrected chi connectivity index (χ0v) is 14.2. The van der Waals surface area contributed by atoms with Crippen molar-refractivity contribution in [3.63, 3.8) is 0 Å². The van der Waals surface area contributed by atoms with Crippen molar-refractivity contribution in [2.45, 2.75) is 6.54 Å². The number of aromatic nitrogens is 4. The maximum Gasteiger partial charge on any atom is 0.358 e. The summed E-state index contributed by atoms with van der Waals surface area (Å²) in [5.41, 5.74) is 0.989. The lowest BCUT2D eigenvalue weighted by atomic mass is 10.1. The number of fused-ring (bicyclic) bond motifs is 1. The summed E-state index contributed by atoms with van der Waals surface area (Å²) in [6.07, 6.45) is 3.33. The van der Waals surface area contributed by atoms with Crippen LogP contribution in [0.15, 0.2) is 47.2 Å². The molecule has 1 aromatic carbocycles. The SMILES string of the molecule is COc1ccc(-c2noc3c(O)c(C(=O)O)nc(Cn4cccn4)c23)cc1. The molecule has 0 atom stereocenters.